The Balaban J connectivity index is 1.43. The number of nitrogens with zero attached hydrogens (tertiary/aromatic N) is 3. The van der Waals surface area contributed by atoms with E-state index >= 15 is 0 Å². The molecule has 2 heterocycles. The number of rotatable bonds is 4. The third-order valence-corrected chi connectivity index (χ3v) is 5.24. The molecule has 0 aromatic rings. The highest BCUT2D eigenvalue weighted by Gasteiger charge is 2.48. The van der Waals surface area contributed by atoms with E-state index in [0.717, 1.165) is 65.3 Å². The number of ether oxygens (including phenoxy) is 1. The molecule has 1 amide bonds. The molecule has 2 saturated heterocycles. The minimum atomic E-state index is -0.521. The summed E-state index contributed by atoms with van der Waals surface area (Å²) < 4.78 is 5.92. The van der Waals surface area contributed by atoms with E-state index in [-0.39, 0.29) is 5.91 Å². The van der Waals surface area contributed by atoms with E-state index in [9.17, 15) is 4.79 Å². The van der Waals surface area contributed by atoms with Crippen LogP contribution in [-0.4, -0.2) is 90.7 Å². The van der Waals surface area contributed by atoms with Crippen LogP contribution in [0.3, 0.4) is 0 Å². The van der Waals surface area contributed by atoms with Crippen LogP contribution in [-0.2, 0) is 9.53 Å². The minimum Gasteiger partial charge on any atom is -0.374 e. The molecule has 1 unspecified atom stereocenters. The summed E-state index contributed by atoms with van der Waals surface area (Å²) >= 11 is 0. The second-order valence-electron chi connectivity index (χ2n) is 7.33. The predicted molar refractivity (Wildman–Crippen MR) is 85.6 cm³/mol. The molecule has 3 aliphatic rings. The third kappa shape index (κ3) is 3.62. The van der Waals surface area contributed by atoms with Gasteiger partial charge in [0.05, 0.1) is 18.2 Å². The summed E-state index contributed by atoms with van der Waals surface area (Å²) in [5.74, 6) is 0.159. The zero-order chi connectivity index (χ0) is 15.7. The Kier molecular flexibility index (Phi) is 4.73. The molecule has 0 radical (unpaired) electrons. The van der Waals surface area contributed by atoms with Gasteiger partial charge in [-0.05, 0) is 26.7 Å². The summed E-state index contributed by atoms with van der Waals surface area (Å²) in [6.45, 7) is 11.8. The minimum absolute atomic E-state index is 0.159. The quantitative estimate of drug-likeness (QED) is 0.775. The van der Waals surface area contributed by atoms with Crippen molar-refractivity contribution in [3.63, 3.8) is 0 Å². The van der Waals surface area contributed by atoms with Gasteiger partial charge < -0.3 is 15.4 Å². The van der Waals surface area contributed by atoms with Gasteiger partial charge in [-0.3, -0.25) is 14.6 Å². The van der Waals surface area contributed by atoms with Gasteiger partial charge in [-0.1, -0.05) is 0 Å². The smallest absolute Gasteiger partial charge is 0.242 e. The van der Waals surface area contributed by atoms with Gasteiger partial charge in [0.15, 0.2) is 0 Å². The van der Waals surface area contributed by atoms with Crippen LogP contribution in [0.4, 0.5) is 0 Å². The second kappa shape index (κ2) is 6.43. The van der Waals surface area contributed by atoms with E-state index < -0.39 is 5.54 Å². The molecule has 1 saturated carbocycles. The number of carbonyl (C=O) groups is 1. The monoisotopic (exact) mass is 310 g/mol. The van der Waals surface area contributed by atoms with Crippen LogP contribution in [0.5, 0.6) is 0 Å². The Morgan fingerprint density at radius 1 is 1.23 bits per heavy atom. The van der Waals surface area contributed by atoms with E-state index in [1.807, 2.05) is 4.90 Å². The Morgan fingerprint density at radius 2 is 1.91 bits per heavy atom. The topological polar surface area (TPSA) is 62.0 Å². The van der Waals surface area contributed by atoms with Crippen LogP contribution in [0.15, 0.2) is 0 Å². The molecule has 0 aromatic heterocycles. The van der Waals surface area contributed by atoms with Gasteiger partial charge in [-0.15, -0.1) is 0 Å². The summed E-state index contributed by atoms with van der Waals surface area (Å²) in [6, 6.07) is 0.583. The summed E-state index contributed by atoms with van der Waals surface area (Å²) in [5.41, 5.74) is 5.50. The first-order chi connectivity index (χ1) is 10.5. The van der Waals surface area contributed by atoms with E-state index in [2.05, 4.69) is 23.6 Å². The summed E-state index contributed by atoms with van der Waals surface area (Å²) in [5, 5.41) is 0. The highest BCUT2D eigenvalue weighted by molar-refractivity contribution is 5.89. The lowest BCUT2D eigenvalue weighted by atomic mass is 10.2. The summed E-state index contributed by atoms with van der Waals surface area (Å²) in [6.07, 6.45) is 2.00. The van der Waals surface area contributed by atoms with Crippen molar-refractivity contribution in [2.75, 3.05) is 52.4 Å². The van der Waals surface area contributed by atoms with Gasteiger partial charge in [0.25, 0.3) is 0 Å². The third-order valence-electron chi connectivity index (χ3n) is 5.24. The lowest BCUT2D eigenvalue weighted by Gasteiger charge is -2.40. The van der Waals surface area contributed by atoms with Crippen molar-refractivity contribution in [3.8, 4) is 0 Å². The van der Waals surface area contributed by atoms with Crippen LogP contribution < -0.4 is 5.73 Å². The van der Waals surface area contributed by atoms with Crippen molar-refractivity contribution in [3.05, 3.63) is 0 Å². The van der Waals surface area contributed by atoms with Gasteiger partial charge in [-0.25, -0.2) is 0 Å². The van der Waals surface area contributed by atoms with Crippen LogP contribution in [0, 0.1) is 0 Å². The highest BCUT2D eigenvalue weighted by atomic mass is 16.5. The number of hydrogen-bond acceptors (Lipinski definition) is 5. The van der Waals surface area contributed by atoms with Gasteiger partial charge in [0, 0.05) is 51.9 Å². The van der Waals surface area contributed by atoms with Gasteiger partial charge in [-0.2, -0.15) is 0 Å². The first-order valence-corrected chi connectivity index (χ1v) is 8.64. The van der Waals surface area contributed by atoms with Crippen molar-refractivity contribution in [1.29, 1.82) is 0 Å². The van der Waals surface area contributed by atoms with Crippen molar-refractivity contribution in [2.45, 2.75) is 44.4 Å². The number of piperazine rings is 1. The van der Waals surface area contributed by atoms with E-state index in [0.29, 0.717) is 12.1 Å². The molecule has 22 heavy (non-hydrogen) atoms. The molecule has 6 heteroatoms. The first-order valence-electron chi connectivity index (χ1n) is 8.64. The number of hydrogen-bond donors (Lipinski definition) is 1. The van der Waals surface area contributed by atoms with Gasteiger partial charge in [0.1, 0.15) is 0 Å². The molecule has 0 bridgehead atoms. The molecular formula is C16H30N4O2. The highest BCUT2D eigenvalue weighted by Crippen LogP contribution is 2.34. The molecule has 1 atom stereocenters. The largest absolute Gasteiger partial charge is 0.374 e. The average molecular weight is 310 g/mol. The van der Waals surface area contributed by atoms with Gasteiger partial charge in [0.2, 0.25) is 5.91 Å². The van der Waals surface area contributed by atoms with Crippen LogP contribution in [0.2, 0.25) is 0 Å². The van der Waals surface area contributed by atoms with Crippen LogP contribution in [0.25, 0.3) is 0 Å². The molecule has 3 rings (SSSR count). The Bertz CT molecular complexity index is 403. The van der Waals surface area contributed by atoms with Crippen LogP contribution >= 0.6 is 0 Å². The van der Waals surface area contributed by atoms with Crippen molar-refractivity contribution in [1.82, 2.24) is 14.7 Å². The van der Waals surface area contributed by atoms with Gasteiger partial charge >= 0.3 is 0 Å². The molecule has 0 aromatic carbocycles. The lowest BCUT2D eigenvalue weighted by molar-refractivity contribution is -0.135. The average Bonchev–Trinajstić information content (AvgIpc) is 3.27. The van der Waals surface area contributed by atoms with E-state index in [1.54, 1.807) is 0 Å². The number of amides is 1. The fourth-order valence-corrected chi connectivity index (χ4v) is 3.41. The summed E-state index contributed by atoms with van der Waals surface area (Å²) in [7, 11) is 0. The fraction of sp³-hybridized carbons (Fsp3) is 0.938. The fourth-order valence-electron chi connectivity index (χ4n) is 3.41. The molecule has 2 aliphatic heterocycles. The first kappa shape index (κ1) is 16.2. The lowest BCUT2D eigenvalue weighted by Crippen LogP contribution is -2.56. The number of carbonyl (C=O) groups excluding carboxylic acids is 1. The standard InChI is InChI=1S/C16H30N4O2/c1-13(2)20-9-10-22-14(12-20)11-18-5-7-19(8-6-18)15(21)16(17)3-4-16/h13-14H,3-12,17H2,1-2H3. The number of nitrogens with two attached hydrogens (primary N) is 1. The Morgan fingerprint density at radius 3 is 2.50 bits per heavy atom. The zero-order valence-corrected chi connectivity index (χ0v) is 14.0. The zero-order valence-electron chi connectivity index (χ0n) is 14.0. The van der Waals surface area contributed by atoms with Crippen molar-refractivity contribution in [2.24, 2.45) is 5.73 Å². The molecule has 6 nitrogen and oxygen atoms in total. The molecule has 0 spiro atoms. The van der Waals surface area contributed by atoms with E-state index in [4.69, 9.17) is 10.5 Å². The summed E-state index contributed by atoms with van der Waals surface area (Å²) in [4.78, 5) is 19.1. The van der Waals surface area contributed by atoms with Crippen LogP contribution in [0.1, 0.15) is 26.7 Å². The predicted octanol–water partition coefficient (Wildman–Crippen LogP) is -0.269. The molecular weight excluding hydrogens is 280 g/mol. The molecule has 2 N–H and O–H groups in total. The molecule has 3 fully saturated rings. The number of morpholine rings is 1. The SMILES string of the molecule is CC(C)N1CCOC(CN2CCN(C(=O)C3(N)CC3)CC2)C1. The van der Waals surface area contributed by atoms with Crippen molar-refractivity contribution < 1.29 is 9.53 Å². The normalized spacial score (nSPS) is 29.8. The Labute approximate surface area is 133 Å². The molecule has 126 valence electrons. The maximum absolute atomic E-state index is 12.2. The Hall–Kier alpha value is -0.690. The maximum atomic E-state index is 12.2. The second-order valence-corrected chi connectivity index (χ2v) is 7.33. The van der Waals surface area contributed by atoms with E-state index in [1.165, 1.54) is 0 Å². The molecule has 1 aliphatic carbocycles. The maximum Gasteiger partial charge on any atom is 0.242 e. The van der Waals surface area contributed by atoms with Crippen molar-refractivity contribution >= 4 is 5.91 Å².